The van der Waals surface area contributed by atoms with E-state index in [0.29, 0.717) is 12.1 Å². The Labute approximate surface area is 183 Å². The van der Waals surface area contributed by atoms with Crippen molar-refractivity contribution in [1.29, 1.82) is 0 Å². The molecule has 0 saturated heterocycles. The van der Waals surface area contributed by atoms with Gasteiger partial charge in [-0.15, -0.1) is 0 Å². The molecule has 156 valence electrons. The molecule has 4 nitrogen and oxygen atoms in total. The molecule has 0 bridgehead atoms. The molecule has 0 aliphatic heterocycles. The number of hydrogen-bond acceptors (Lipinski definition) is 3. The molecule has 2 aromatic carbocycles. The highest BCUT2D eigenvalue weighted by Gasteiger charge is 2.19. The van der Waals surface area contributed by atoms with Gasteiger partial charge in [0.25, 0.3) is 5.91 Å². The number of aromatic nitrogens is 1. The largest absolute Gasteiger partial charge is 0.372 e. The molecular formula is C25H28ClN3O. The van der Waals surface area contributed by atoms with Gasteiger partial charge in [0.05, 0.1) is 10.5 Å². The zero-order chi connectivity index (χ0) is 21.1. The number of halogens is 1. The minimum Gasteiger partial charge on any atom is -0.372 e. The summed E-state index contributed by atoms with van der Waals surface area (Å²) in [5.74, 6) is -0.0612. The molecule has 3 aromatic rings. The molecule has 1 N–H and O–H groups in total. The number of carbonyl (C=O) groups excluding carboxylic acids is 1. The lowest BCUT2D eigenvalue weighted by atomic mass is 10.1. The zero-order valence-electron chi connectivity index (χ0n) is 17.7. The second-order valence-corrected chi connectivity index (χ2v) is 8.34. The van der Waals surface area contributed by atoms with Crippen molar-refractivity contribution in [3.8, 4) is 0 Å². The Kier molecular flexibility index (Phi) is 6.24. The predicted octanol–water partition coefficient (Wildman–Crippen LogP) is 5.33. The van der Waals surface area contributed by atoms with Crippen molar-refractivity contribution < 1.29 is 4.79 Å². The van der Waals surface area contributed by atoms with Crippen molar-refractivity contribution in [2.24, 2.45) is 0 Å². The third-order valence-corrected chi connectivity index (χ3v) is 6.28. The van der Waals surface area contributed by atoms with Gasteiger partial charge in [-0.25, -0.2) is 0 Å². The number of carbonyl (C=O) groups is 1. The van der Waals surface area contributed by atoms with Crippen LogP contribution in [0.15, 0.2) is 42.5 Å². The highest BCUT2D eigenvalue weighted by atomic mass is 35.5. The van der Waals surface area contributed by atoms with Crippen LogP contribution in [0.4, 0.5) is 5.69 Å². The molecule has 0 atom stereocenters. The molecular weight excluding hydrogens is 394 g/mol. The van der Waals surface area contributed by atoms with Crippen LogP contribution in [0.25, 0.3) is 10.9 Å². The van der Waals surface area contributed by atoms with Crippen LogP contribution in [0, 0.1) is 6.92 Å². The summed E-state index contributed by atoms with van der Waals surface area (Å²) in [5.41, 5.74) is 6.19. The molecule has 5 heteroatoms. The Morgan fingerprint density at radius 1 is 1.20 bits per heavy atom. The first kappa shape index (κ1) is 20.7. The summed E-state index contributed by atoms with van der Waals surface area (Å²) >= 11 is 6.58. The van der Waals surface area contributed by atoms with Crippen LogP contribution in [-0.4, -0.2) is 30.5 Å². The average Bonchev–Trinajstić information content (AvgIpc) is 3.22. The van der Waals surface area contributed by atoms with Gasteiger partial charge in [-0.2, -0.15) is 0 Å². The number of rotatable bonds is 7. The quantitative estimate of drug-likeness (QED) is 0.524. The molecule has 1 aliphatic carbocycles. The Bertz CT molecular complexity index is 1080. The molecule has 0 spiro atoms. The minimum absolute atomic E-state index is 0.0612. The van der Waals surface area contributed by atoms with E-state index in [0.717, 1.165) is 60.4 Å². The smallest absolute Gasteiger partial charge is 0.251 e. The van der Waals surface area contributed by atoms with E-state index in [4.69, 9.17) is 16.6 Å². The van der Waals surface area contributed by atoms with E-state index in [1.165, 1.54) is 16.8 Å². The summed E-state index contributed by atoms with van der Waals surface area (Å²) in [6.45, 7) is 6.75. The fourth-order valence-corrected chi connectivity index (χ4v) is 4.58. The highest BCUT2D eigenvalue weighted by Crippen LogP contribution is 2.33. The first-order chi connectivity index (χ1) is 14.6. The molecule has 0 saturated carbocycles. The Hall–Kier alpha value is -2.59. The van der Waals surface area contributed by atoms with Gasteiger partial charge in [0.15, 0.2) is 0 Å². The maximum Gasteiger partial charge on any atom is 0.251 e. The molecule has 1 aromatic heterocycles. The lowest BCUT2D eigenvalue weighted by Crippen LogP contribution is -2.30. The number of aryl methyl sites for hydroxylation is 2. The first-order valence-corrected chi connectivity index (χ1v) is 11.2. The summed E-state index contributed by atoms with van der Waals surface area (Å²) in [4.78, 5) is 19.7. The maximum absolute atomic E-state index is 12.7. The van der Waals surface area contributed by atoms with Crippen molar-refractivity contribution in [2.45, 2.75) is 39.5 Å². The van der Waals surface area contributed by atoms with Crippen LogP contribution in [0.3, 0.4) is 0 Å². The molecule has 1 heterocycles. The number of hydrogen-bond donors (Lipinski definition) is 1. The van der Waals surface area contributed by atoms with E-state index >= 15 is 0 Å². The standard InChI is InChI=1S/C25H28ClN3O/c1-3-29(19-8-4-7-17(2)15-19)14-6-13-27-25(30)18-11-12-21-23(16-18)28-22-10-5-9-20(22)24(21)26/h4,7-8,11-12,15-16H,3,5-6,9-10,13-14H2,1-2H3,(H,27,30). The van der Waals surface area contributed by atoms with Gasteiger partial charge < -0.3 is 10.2 Å². The maximum atomic E-state index is 12.7. The number of anilines is 1. The minimum atomic E-state index is -0.0612. The Morgan fingerprint density at radius 2 is 2.07 bits per heavy atom. The monoisotopic (exact) mass is 421 g/mol. The van der Waals surface area contributed by atoms with E-state index in [1.807, 2.05) is 18.2 Å². The average molecular weight is 422 g/mol. The molecule has 0 unspecified atom stereocenters. The zero-order valence-corrected chi connectivity index (χ0v) is 18.4. The van der Waals surface area contributed by atoms with Crippen molar-refractivity contribution in [3.05, 3.63) is 69.9 Å². The van der Waals surface area contributed by atoms with E-state index < -0.39 is 0 Å². The summed E-state index contributed by atoms with van der Waals surface area (Å²) < 4.78 is 0. The van der Waals surface area contributed by atoms with Crippen LogP contribution in [0.2, 0.25) is 5.02 Å². The first-order valence-electron chi connectivity index (χ1n) is 10.8. The van der Waals surface area contributed by atoms with Crippen LogP contribution < -0.4 is 10.2 Å². The van der Waals surface area contributed by atoms with E-state index in [9.17, 15) is 4.79 Å². The lowest BCUT2D eigenvalue weighted by molar-refractivity contribution is 0.0953. The SMILES string of the molecule is CCN(CCCNC(=O)c1ccc2c(Cl)c3c(nc2c1)CCC3)c1cccc(C)c1. The van der Waals surface area contributed by atoms with Gasteiger partial charge >= 0.3 is 0 Å². The number of benzene rings is 2. The van der Waals surface area contributed by atoms with Crippen molar-refractivity contribution in [3.63, 3.8) is 0 Å². The van der Waals surface area contributed by atoms with E-state index in [-0.39, 0.29) is 5.91 Å². The Balaban J connectivity index is 1.37. The molecule has 0 radical (unpaired) electrons. The topological polar surface area (TPSA) is 45.2 Å². The number of nitrogens with zero attached hydrogens (tertiary/aromatic N) is 2. The highest BCUT2D eigenvalue weighted by molar-refractivity contribution is 6.36. The van der Waals surface area contributed by atoms with E-state index in [2.05, 4.69) is 48.3 Å². The van der Waals surface area contributed by atoms with Crippen molar-refractivity contribution in [1.82, 2.24) is 10.3 Å². The summed E-state index contributed by atoms with van der Waals surface area (Å²) in [6.07, 6.45) is 3.95. The second-order valence-electron chi connectivity index (χ2n) is 7.96. The molecule has 30 heavy (non-hydrogen) atoms. The fraction of sp³-hybridized carbons (Fsp3) is 0.360. The molecule has 1 aliphatic rings. The Morgan fingerprint density at radius 3 is 2.87 bits per heavy atom. The number of amides is 1. The van der Waals surface area contributed by atoms with Crippen LogP contribution in [0.1, 0.15) is 46.9 Å². The number of nitrogens with one attached hydrogen (secondary N) is 1. The number of fused-ring (bicyclic) bond motifs is 2. The van der Waals surface area contributed by atoms with Gasteiger partial charge in [0, 0.05) is 42.0 Å². The van der Waals surface area contributed by atoms with Gasteiger partial charge in [0.2, 0.25) is 0 Å². The second kappa shape index (κ2) is 9.05. The van der Waals surface area contributed by atoms with Crippen LogP contribution in [-0.2, 0) is 12.8 Å². The van der Waals surface area contributed by atoms with Crippen molar-refractivity contribution in [2.75, 3.05) is 24.5 Å². The van der Waals surface area contributed by atoms with Gasteiger partial charge in [-0.05, 0) is 74.9 Å². The summed E-state index contributed by atoms with van der Waals surface area (Å²) in [7, 11) is 0. The van der Waals surface area contributed by atoms with Gasteiger partial charge in [-0.3, -0.25) is 9.78 Å². The number of pyridine rings is 1. The molecule has 1 amide bonds. The normalized spacial score (nSPS) is 12.8. The third-order valence-electron chi connectivity index (χ3n) is 5.84. The van der Waals surface area contributed by atoms with Gasteiger partial charge in [-0.1, -0.05) is 29.8 Å². The van der Waals surface area contributed by atoms with Gasteiger partial charge in [0.1, 0.15) is 0 Å². The fourth-order valence-electron chi connectivity index (χ4n) is 4.21. The summed E-state index contributed by atoms with van der Waals surface area (Å²) in [6, 6.07) is 14.2. The van der Waals surface area contributed by atoms with E-state index in [1.54, 1.807) is 0 Å². The lowest BCUT2D eigenvalue weighted by Gasteiger charge is -2.23. The molecule has 0 fully saturated rings. The van der Waals surface area contributed by atoms with Crippen LogP contribution in [0.5, 0.6) is 0 Å². The molecule has 4 rings (SSSR count). The predicted molar refractivity (Wildman–Crippen MR) is 125 cm³/mol. The van der Waals surface area contributed by atoms with Crippen LogP contribution >= 0.6 is 11.6 Å². The van der Waals surface area contributed by atoms with Crippen molar-refractivity contribution >= 4 is 34.1 Å². The third kappa shape index (κ3) is 4.29. The summed E-state index contributed by atoms with van der Waals surface area (Å²) in [5, 5.41) is 4.78.